The summed E-state index contributed by atoms with van der Waals surface area (Å²) in [4.78, 5) is 12.6. The van der Waals surface area contributed by atoms with E-state index in [0.717, 1.165) is 12.4 Å². The number of carbonyl (C=O) groups excluding carboxylic acids is 1. The van der Waals surface area contributed by atoms with Crippen molar-refractivity contribution in [3.05, 3.63) is 41.7 Å². The molecule has 7 heteroatoms. The number of rotatable bonds is 8. The third-order valence-corrected chi connectivity index (χ3v) is 5.82. The van der Waals surface area contributed by atoms with Crippen molar-refractivity contribution < 1.29 is 4.79 Å². The molecule has 2 atom stereocenters. The van der Waals surface area contributed by atoms with Crippen LogP contribution in [0.25, 0.3) is 0 Å². The second-order valence-corrected chi connectivity index (χ2v) is 8.33. The van der Waals surface area contributed by atoms with Crippen LogP contribution >= 0.6 is 11.8 Å². The van der Waals surface area contributed by atoms with E-state index in [1.807, 2.05) is 50.5 Å². The second kappa shape index (κ2) is 9.05. The quantitative estimate of drug-likeness (QED) is 0.704. The molecule has 0 fully saturated rings. The summed E-state index contributed by atoms with van der Waals surface area (Å²) in [7, 11) is 0. The number of amides is 1. The number of aromatic nitrogens is 3. The van der Waals surface area contributed by atoms with Crippen LogP contribution in [0.1, 0.15) is 46.0 Å². The maximum Gasteiger partial charge on any atom is 0.234 e. The fraction of sp³-hybridized carbons (Fsp3) is 0.500. The third kappa shape index (κ3) is 5.10. The van der Waals surface area contributed by atoms with Crippen LogP contribution in [0.3, 0.4) is 0 Å². The van der Waals surface area contributed by atoms with Crippen molar-refractivity contribution in [3.8, 4) is 6.07 Å². The number of carbonyl (C=O) groups is 1. The Balaban J connectivity index is 2.10. The van der Waals surface area contributed by atoms with E-state index in [4.69, 9.17) is 0 Å². The van der Waals surface area contributed by atoms with Crippen LogP contribution in [0.2, 0.25) is 0 Å². The Kier molecular flexibility index (Phi) is 7.03. The van der Waals surface area contributed by atoms with Crippen molar-refractivity contribution in [2.45, 2.75) is 63.5 Å². The molecule has 6 nitrogen and oxygen atoms in total. The van der Waals surface area contributed by atoms with E-state index < -0.39 is 5.54 Å². The summed E-state index contributed by atoms with van der Waals surface area (Å²) in [6.07, 6.45) is 0.697. The first-order valence-electron chi connectivity index (χ1n) is 9.16. The Morgan fingerprint density at radius 2 is 1.96 bits per heavy atom. The van der Waals surface area contributed by atoms with E-state index in [2.05, 4.69) is 33.7 Å². The average Bonchev–Trinajstić information content (AvgIpc) is 3.03. The lowest BCUT2D eigenvalue weighted by atomic mass is 9.90. The minimum absolute atomic E-state index is 0.0143. The highest BCUT2D eigenvalue weighted by Gasteiger charge is 2.32. The average molecular weight is 386 g/mol. The first kappa shape index (κ1) is 21.0. The minimum atomic E-state index is -0.886. The predicted octanol–water partition coefficient (Wildman–Crippen LogP) is 3.42. The molecule has 1 aromatic heterocycles. The van der Waals surface area contributed by atoms with Gasteiger partial charge in [0.2, 0.25) is 5.91 Å². The van der Waals surface area contributed by atoms with Crippen molar-refractivity contribution in [1.82, 2.24) is 20.1 Å². The van der Waals surface area contributed by atoms with Crippen LogP contribution in [0.5, 0.6) is 0 Å². The van der Waals surface area contributed by atoms with E-state index in [9.17, 15) is 10.1 Å². The summed E-state index contributed by atoms with van der Waals surface area (Å²) in [5.74, 6) is 0.719. The van der Waals surface area contributed by atoms with Gasteiger partial charge in [0.05, 0.1) is 11.3 Å². The molecule has 0 aliphatic heterocycles. The predicted molar refractivity (Wildman–Crippen MR) is 107 cm³/mol. The first-order chi connectivity index (χ1) is 12.8. The number of hydrogen-bond acceptors (Lipinski definition) is 5. The minimum Gasteiger partial charge on any atom is -0.337 e. The Bertz CT molecular complexity index is 812. The van der Waals surface area contributed by atoms with Crippen LogP contribution in [-0.2, 0) is 17.8 Å². The highest BCUT2D eigenvalue weighted by molar-refractivity contribution is 8.00. The first-order valence-corrected chi connectivity index (χ1v) is 10.0. The third-order valence-electron chi connectivity index (χ3n) is 4.74. The van der Waals surface area contributed by atoms with Gasteiger partial charge in [0.1, 0.15) is 11.4 Å². The monoisotopic (exact) mass is 385 g/mol. The van der Waals surface area contributed by atoms with Gasteiger partial charge in [-0.05, 0) is 32.3 Å². The van der Waals surface area contributed by atoms with Crippen molar-refractivity contribution in [1.29, 1.82) is 5.26 Å². The van der Waals surface area contributed by atoms with Gasteiger partial charge in [-0.1, -0.05) is 55.9 Å². The smallest absolute Gasteiger partial charge is 0.234 e. The number of nitrogens with zero attached hydrogens (tertiary/aromatic N) is 4. The number of nitriles is 1. The highest BCUT2D eigenvalue weighted by Crippen LogP contribution is 2.25. The zero-order chi connectivity index (χ0) is 20.0. The zero-order valence-electron chi connectivity index (χ0n) is 16.6. The van der Waals surface area contributed by atoms with Crippen LogP contribution in [-0.4, -0.2) is 31.5 Å². The summed E-state index contributed by atoms with van der Waals surface area (Å²) < 4.78 is 2.04. The number of hydrogen-bond donors (Lipinski definition) is 1. The molecule has 2 rings (SSSR count). The molecule has 2 aromatic rings. The lowest BCUT2D eigenvalue weighted by Gasteiger charge is -2.28. The van der Waals surface area contributed by atoms with Gasteiger partial charge in [-0.15, -0.1) is 10.2 Å². The summed E-state index contributed by atoms with van der Waals surface area (Å²) in [5.41, 5.74) is 0.284. The Hall–Kier alpha value is -2.33. The van der Waals surface area contributed by atoms with E-state index in [0.29, 0.717) is 11.6 Å². The summed E-state index contributed by atoms with van der Waals surface area (Å²) in [5, 5.41) is 21.2. The van der Waals surface area contributed by atoms with E-state index in [-0.39, 0.29) is 17.1 Å². The second-order valence-electron chi connectivity index (χ2n) is 7.02. The van der Waals surface area contributed by atoms with Gasteiger partial charge in [0, 0.05) is 13.0 Å². The van der Waals surface area contributed by atoms with E-state index >= 15 is 0 Å². The largest absolute Gasteiger partial charge is 0.337 e. The van der Waals surface area contributed by atoms with Gasteiger partial charge in [-0.25, -0.2) is 0 Å². The molecular weight excluding hydrogens is 358 g/mol. The molecule has 0 aliphatic carbocycles. The fourth-order valence-corrected chi connectivity index (χ4v) is 3.44. The van der Waals surface area contributed by atoms with Crippen molar-refractivity contribution in [2.75, 3.05) is 0 Å². The molecular formula is C20H27N5OS. The van der Waals surface area contributed by atoms with E-state index in [1.165, 1.54) is 17.3 Å². The summed E-state index contributed by atoms with van der Waals surface area (Å²) in [6, 6.07) is 12.3. The summed E-state index contributed by atoms with van der Waals surface area (Å²) >= 11 is 1.37. The van der Waals surface area contributed by atoms with Crippen molar-refractivity contribution >= 4 is 17.7 Å². The van der Waals surface area contributed by atoms with Gasteiger partial charge >= 0.3 is 0 Å². The lowest BCUT2D eigenvalue weighted by molar-refractivity contribution is -0.121. The topological polar surface area (TPSA) is 83.6 Å². The molecule has 1 N–H and O–H groups in total. The Morgan fingerprint density at radius 3 is 2.52 bits per heavy atom. The van der Waals surface area contributed by atoms with Gasteiger partial charge in [0.15, 0.2) is 5.16 Å². The fourth-order valence-electron chi connectivity index (χ4n) is 2.50. The Labute approximate surface area is 165 Å². The maximum absolute atomic E-state index is 12.6. The molecule has 1 aromatic carbocycles. The molecule has 1 heterocycles. The number of nitrogens with one attached hydrogen (secondary N) is 1. The van der Waals surface area contributed by atoms with E-state index in [1.54, 1.807) is 6.92 Å². The standard InChI is InChI=1S/C20H27N5OS/c1-6-25-17(12-16-10-8-7-9-11-16)23-24-19(25)27-15(4)18(26)22-20(5,13-21)14(2)3/h7-11,14-15H,6,12H2,1-5H3,(H,22,26). The molecule has 27 heavy (non-hydrogen) atoms. The number of thioether (sulfide) groups is 1. The normalized spacial score (nSPS) is 14.4. The molecule has 1 amide bonds. The van der Waals surface area contributed by atoms with Crippen LogP contribution in [0, 0.1) is 17.2 Å². The highest BCUT2D eigenvalue weighted by atomic mass is 32.2. The molecule has 0 bridgehead atoms. The van der Waals surface area contributed by atoms with Crippen LogP contribution < -0.4 is 5.32 Å². The van der Waals surface area contributed by atoms with Crippen LogP contribution in [0.4, 0.5) is 0 Å². The molecule has 2 unspecified atom stereocenters. The molecule has 144 valence electrons. The maximum atomic E-state index is 12.6. The van der Waals surface area contributed by atoms with Gasteiger partial charge < -0.3 is 9.88 Å². The molecule has 0 radical (unpaired) electrons. The van der Waals surface area contributed by atoms with Crippen molar-refractivity contribution in [3.63, 3.8) is 0 Å². The lowest BCUT2D eigenvalue weighted by Crippen LogP contribution is -2.51. The Morgan fingerprint density at radius 1 is 1.30 bits per heavy atom. The van der Waals surface area contributed by atoms with Crippen molar-refractivity contribution in [2.24, 2.45) is 5.92 Å². The van der Waals surface area contributed by atoms with Gasteiger partial charge in [-0.3, -0.25) is 4.79 Å². The van der Waals surface area contributed by atoms with Gasteiger partial charge in [0.25, 0.3) is 0 Å². The zero-order valence-corrected chi connectivity index (χ0v) is 17.4. The number of benzene rings is 1. The summed E-state index contributed by atoms with van der Waals surface area (Å²) in [6.45, 7) is 10.2. The molecule has 0 spiro atoms. The van der Waals surface area contributed by atoms with Gasteiger partial charge in [-0.2, -0.15) is 5.26 Å². The van der Waals surface area contributed by atoms with Crippen LogP contribution in [0.15, 0.2) is 35.5 Å². The SMILES string of the molecule is CCn1c(Cc2ccccc2)nnc1SC(C)C(=O)NC(C)(C#N)C(C)C. The molecule has 0 saturated carbocycles. The molecule has 0 aliphatic rings. The molecule has 0 saturated heterocycles.